The van der Waals surface area contributed by atoms with Gasteiger partial charge in [-0.3, -0.25) is 0 Å². The molecule has 0 aliphatic heterocycles. The minimum Gasteiger partial charge on any atom is -0.497 e. The van der Waals surface area contributed by atoms with Crippen LogP contribution in [0.4, 0.5) is 0 Å². The van der Waals surface area contributed by atoms with Gasteiger partial charge in [0.15, 0.2) is 0 Å². The molecule has 0 saturated heterocycles. The highest BCUT2D eigenvalue weighted by atomic mass is 16.5. The lowest BCUT2D eigenvalue weighted by atomic mass is 10.2. The first-order valence-corrected chi connectivity index (χ1v) is 7.80. The first kappa shape index (κ1) is 16.1. The average molecular weight is 323 g/mol. The number of pyridine rings is 1. The summed E-state index contributed by atoms with van der Waals surface area (Å²) in [6.45, 7) is 1.57. The fourth-order valence-corrected chi connectivity index (χ4v) is 2.53. The molecule has 0 radical (unpaired) electrons. The standard InChI is InChI=1S/C19H21N3O2/c1-23-18-8-5-15(6-9-18)12-20-13-16-4-3-11-22(16)17-7-10-19(24-2)21-14-17/h3-11,14,20H,12-13H2,1-2H3. The highest BCUT2D eigenvalue weighted by Gasteiger charge is 2.04. The lowest BCUT2D eigenvalue weighted by molar-refractivity contribution is 0.398. The molecule has 3 aromatic rings. The van der Waals surface area contributed by atoms with Crippen LogP contribution in [0, 0.1) is 0 Å². The Morgan fingerprint density at radius 1 is 0.958 bits per heavy atom. The van der Waals surface area contributed by atoms with Gasteiger partial charge in [0.2, 0.25) is 5.88 Å². The molecule has 0 atom stereocenters. The van der Waals surface area contributed by atoms with Gasteiger partial charge in [-0.05, 0) is 35.9 Å². The zero-order valence-electron chi connectivity index (χ0n) is 13.9. The number of nitrogens with one attached hydrogen (secondary N) is 1. The predicted octanol–water partition coefficient (Wildman–Crippen LogP) is 3.18. The Hall–Kier alpha value is -2.79. The van der Waals surface area contributed by atoms with Gasteiger partial charge >= 0.3 is 0 Å². The number of hydrogen-bond donors (Lipinski definition) is 1. The fraction of sp³-hybridized carbons (Fsp3) is 0.211. The molecule has 24 heavy (non-hydrogen) atoms. The van der Waals surface area contributed by atoms with Crippen LogP contribution in [0.15, 0.2) is 60.9 Å². The third-order valence-electron chi connectivity index (χ3n) is 3.84. The quantitative estimate of drug-likeness (QED) is 0.725. The summed E-state index contributed by atoms with van der Waals surface area (Å²) in [5.41, 5.74) is 3.41. The van der Waals surface area contributed by atoms with Crippen LogP contribution in [-0.2, 0) is 13.1 Å². The van der Waals surface area contributed by atoms with Crippen molar-refractivity contribution in [3.8, 4) is 17.3 Å². The Labute approximate surface area is 141 Å². The smallest absolute Gasteiger partial charge is 0.213 e. The van der Waals surface area contributed by atoms with Crippen LogP contribution >= 0.6 is 0 Å². The van der Waals surface area contributed by atoms with E-state index in [0.29, 0.717) is 5.88 Å². The van der Waals surface area contributed by atoms with Crippen molar-refractivity contribution in [2.45, 2.75) is 13.1 Å². The van der Waals surface area contributed by atoms with Crippen LogP contribution in [0.5, 0.6) is 11.6 Å². The maximum Gasteiger partial charge on any atom is 0.213 e. The predicted molar refractivity (Wildman–Crippen MR) is 93.7 cm³/mol. The third-order valence-corrected chi connectivity index (χ3v) is 3.84. The summed E-state index contributed by atoms with van der Waals surface area (Å²) < 4.78 is 12.4. The largest absolute Gasteiger partial charge is 0.497 e. The number of rotatable bonds is 7. The van der Waals surface area contributed by atoms with Crippen LogP contribution in [0.1, 0.15) is 11.3 Å². The highest BCUT2D eigenvalue weighted by Crippen LogP contribution is 2.15. The van der Waals surface area contributed by atoms with E-state index in [4.69, 9.17) is 9.47 Å². The van der Waals surface area contributed by atoms with Crippen molar-refractivity contribution in [1.29, 1.82) is 0 Å². The van der Waals surface area contributed by atoms with Crippen molar-refractivity contribution in [2.75, 3.05) is 14.2 Å². The number of aromatic nitrogens is 2. The van der Waals surface area contributed by atoms with Gasteiger partial charge in [-0.25, -0.2) is 4.98 Å². The Morgan fingerprint density at radius 2 is 1.79 bits per heavy atom. The molecule has 2 heterocycles. The fourth-order valence-electron chi connectivity index (χ4n) is 2.53. The van der Waals surface area contributed by atoms with Gasteiger partial charge in [-0.15, -0.1) is 0 Å². The van der Waals surface area contributed by atoms with Crippen LogP contribution < -0.4 is 14.8 Å². The molecule has 3 rings (SSSR count). The maximum absolute atomic E-state index is 5.18. The average Bonchev–Trinajstić information content (AvgIpc) is 3.11. The summed E-state index contributed by atoms with van der Waals surface area (Å²) in [4.78, 5) is 4.26. The zero-order chi connectivity index (χ0) is 16.8. The van der Waals surface area contributed by atoms with Crippen molar-refractivity contribution in [2.24, 2.45) is 0 Å². The van der Waals surface area contributed by atoms with Gasteiger partial charge < -0.3 is 19.4 Å². The Kier molecular flexibility index (Phi) is 5.13. The van der Waals surface area contributed by atoms with Crippen LogP contribution in [0.3, 0.4) is 0 Å². The van der Waals surface area contributed by atoms with E-state index in [1.807, 2.05) is 42.7 Å². The summed E-state index contributed by atoms with van der Waals surface area (Å²) in [7, 11) is 3.29. The lowest BCUT2D eigenvalue weighted by Crippen LogP contribution is -2.15. The molecule has 1 N–H and O–H groups in total. The minimum atomic E-state index is 0.616. The molecule has 0 aliphatic carbocycles. The summed E-state index contributed by atoms with van der Waals surface area (Å²) in [6, 6.07) is 16.1. The molecular formula is C19H21N3O2. The Bertz CT molecular complexity index is 764. The van der Waals surface area contributed by atoms with Crippen LogP contribution in [0.2, 0.25) is 0 Å². The van der Waals surface area contributed by atoms with Gasteiger partial charge in [0.25, 0.3) is 0 Å². The molecule has 0 unspecified atom stereocenters. The summed E-state index contributed by atoms with van der Waals surface area (Å²) in [6.07, 6.45) is 3.85. The van der Waals surface area contributed by atoms with E-state index in [1.54, 1.807) is 14.2 Å². The molecular weight excluding hydrogens is 302 g/mol. The van der Waals surface area contributed by atoms with E-state index < -0.39 is 0 Å². The van der Waals surface area contributed by atoms with Gasteiger partial charge in [0.05, 0.1) is 26.1 Å². The molecule has 0 fully saturated rings. The van der Waals surface area contributed by atoms with E-state index in [2.05, 4.69) is 33.1 Å². The van der Waals surface area contributed by atoms with Crippen molar-refractivity contribution in [1.82, 2.24) is 14.9 Å². The first-order valence-electron chi connectivity index (χ1n) is 7.80. The van der Waals surface area contributed by atoms with E-state index in [1.165, 1.54) is 11.3 Å². The van der Waals surface area contributed by atoms with Crippen molar-refractivity contribution < 1.29 is 9.47 Å². The first-order chi connectivity index (χ1) is 11.8. The van der Waals surface area contributed by atoms with E-state index >= 15 is 0 Å². The van der Waals surface area contributed by atoms with Gasteiger partial charge in [0.1, 0.15) is 5.75 Å². The molecule has 0 amide bonds. The van der Waals surface area contributed by atoms with E-state index in [-0.39, 0.29) is 0 Å². The molecule has 1 aromatic carbocycles. The van der Waals surface area contributed by atoms with E-state index in [9.17, 15) is 0 Å². The minimum absolute atomic E-state index is 0.616. The summed E-state index contributed by atoms with van der Waals surface area (Å²) in [5.74, 6) is 1.49. The molecule has 5 nitrogen and oxygen atoms in total. The third kappa shape index (κ3) is 3.75. The molecule has 124 valence electrons. The van der Waals surface area contributed by atoms with Crippen molar-refractivity contribution >= 4 is 0 Å². The number of hydrogen-bond acceptors (Lipinski definition) is 4. The molecule has 0 spiro atoms. The van der Waals surface area contributed by atoms with Gasteiger partial charge in [-0.2, -0.15) is 0 Å². The summed E-state index contributed by atoms with van der Waals surface area (Å²) >= 11 is 0. The van der Waals surface area contributed by atoms with Crippen LogP contribution in [0.25, 0.3) is 5.69 Å². The SMILES string of the molecule is COc1ccc(CNCc2cccn2-c2ccc(OC)nc2)cc1. The molecule has 0 aliphatic rings. The number of benzene rings is 1. The molecule has 2 aromatic heterocycles. The normalized spacial score (nSPS) is 10.6. The second-order valence-corrected chi connectivity index (χ2v) is 5.38. The van der Waals surface area contributed by atoms with Gasteiger partial charge in [0, 0.05) is 31.0 Å². The molecule has 0 bridgehead atoms. The van der Waals surface area contributed by atoms with Crippen LogP contribution in [-0.4, -0.2) is 23.8 Å². The second-order valence-electron chi connectivity index (χ2n) is 5.38. The number of nitrogens with zero attached hydrogens (tertiary/aromatic N) is 2. The topological polar surface area (TPSA) is 48.3 Å². The van der Waals surface area contributed by atoms with Gasteiger partial charge in [-0.1, -0.05) is 12.1 Å². The molecule has 5 heteroatoms. The number of ether oxygens (including phenoxy) is 2. The second kappa shape index (κ2) is 7.66. The Morgan fingerprint density at radius 3 is 2.46 bits per heavy atom. The van der Waals surface area contributed by atoms with Crippen molar-refractivity contribution in [3.63, 3.8) is 0 Å². The molecule has 0 saturated carbocycles. The zero-order valence-corrected chi connectivity index (χ0v) is 13.9. The highest BCUT2D eigenvalue weighted by molar-refractivity contribution is 5.34. The maximum atomic E-state index is 5.18. The van der Waals surface area contributed by atoms with Crippen molar-refractivity contribution in [3.05, 3.63) is 72.2 Å². The van der Waals surface area contributed by atoms with E-state index in [0.717, 1.165) is 24.5 Å². The summed E-state index contributed by atoms with van der Waals surface area (Å²) in [5, 5.41) is 3.47. The lowest BCUT2D eigenvalue weighted by Gasteiger charge is -2.11. The monoisotopic (exact) mass is 323 g/mol. The Balaban J connectivity index is 1.62. The number of methoxy groups -OCH3 is 2.